The maximum absolute atomic E-state index is 12.5. The molecule has 6 N–H and O–H groups in total. The lowest BCUT2D eigenvalue weighted by atomic mass is 10.2. The second-order valence-electron chi connectivity index (χ2n) is 5.51. The van der Waals surface area contributed by atoms with Gasteiger partial charge in [0.15, 0.2) is 0 Å². The van der Waals surface area contributed by atoms with Crippen LogP contribution in [0.5, 0.6) is 5.75 Å². The number of carbonyl (C=O) groups is 1. The molecule has 0 aliphatic carbocycles. The topological polar surface area (TPSA) is 109 Å². The van der Waals surface area contributed by atoms with E-state index in [-0.39, 0.29) is 28.6 Å². The molecule has 2 rings (SSSR count). The third-order valence-corrected chi connectivity index (χ3v) is 3.75. The molecule has 0 saturated carbocycles. The summed E-state index contributed by atoms with van der Waals surface area (Å²) in [6.07, 6.45) is -4.89. The number of hydrogen-bond donors (Lipinski definition) is 5. The molecule has 152 valence electrons. The summed E-state index contributed by atoms with van der Waals surface area (Å²) >= 11 is 5.95. The lowest BCUT2D eigenvalue weighted by Gasteiger charge is -2.15. The van der Waals surface area contributed by atoms with Crippen molar-refractivity contribution in [1.29, 1.82) is 0 Å². The summed E-state index contributed by atoms with van der Waals surface area (Å²) in [5.41, 5.74) is 6.27. The van der Waals surface area contributed by atoms with Crippen molar-refractivity contribution in [2.45, 2.75) is 13.0 Å². The number of aliphatic hydroxyl groups excluding tert-OH is 1. The lowest BCUT2D eigenvalue weighted by Crippen LogP contribution is -2.21. The average Bonchev–Trinajstić information content (AvgIpc) is 2.58. The molecule has 0 fully saturated rings. The molecular weight excluding hydrogens is 401 g/mol. The first-order valence-electron chi connectivity index (χ1n) is 8.03. The molecule has 0 unspecified atom stereocenters. The van der Waals surface area contributed by atoms with E-state index >= 15 is 0 Å². The van der Waals surface area contributed by atoms with Gasteiger partial charge in [-0.15, -0.1) is 13.2 Å². The first kappa shape index (κ1) is 21.6. The Hall–Kier alpha value is -2.69. The highest BCUT2D eigenvalue weighted by Gasteiger charge is 2.31. The maximum Gasteiger partial charge on any atom is 0.573 e. The van der Waals surface area contributed by atoms with E-state index in [1.165, 1.54) is 12.1 Å². The SMILES string of the molecule is NCCNc1cc(NC(=O)Nc2cccc(Cl)c2CO)cc(OC(F)(F)F)c1. The molecule has 2 amide bonds. The second kappa shape index (κ2) is 9.49. The van der Waals surface area contributed by atoms with Crippen LogP contribution in [0.15, 0.2) is 36.4 Å². The number of benzene rings is 2. The summed E-state index contributed by atoms with van der Waals surface area (Å²) in [5.74, 6) is -0.511. The molecule has 0 aromatic heterocycles. The van der Waals surface area contributed by atoms with E-state index in [1.807, 2.05) is 0 Å². The third-order valence-electron chi connectivity index (χ3n) is 3.40. The van der Waals surface area contributed by atoms with Crippen LogP contribution in [0, 0.1) is 0 Å². The van der Waals surface area contributed by atoms with Crippen LogP contribution in [0.1, 0.15) is 5.56 Å². The zero-order valence-electron chi connectivity index (χ0n) is 14.4. The molecule has 0 aliphatic rings. The fourth-order valence-corrected chi connectivity index (χ4v) is 2.54. The predicted octanol–water partition coefficient (Wildman–Crippen LogP) is 3.75. The van der Waals surface area contributed by atoms with Crippen LogP contribution in [0.4, 0.5) is 35.0 Å². The highest BCUT2D eigenvalue weighted by Crippen LogP contribution is 2.30. The Kier molecular flexibility index (Phi) is 7.32. The van der Waals surface area contributed by atoms with Gasteiger partial charge in [-0.05, 0) is 18.2 Å². The number of nitrogens with two attached hydrogens (primary N) is 1. The monoisotopic (exact) mass is 418 g/mol. The van der Waals surface area contributed by atoms with E-state index in [4.69, 9.17) is 17.3 Å². The Balaban J connectivity index is 2.20. The van der Waals surface area contributed by atoms with Crippen molar-refractivity contribution in [3.63, 3.8) is 0 Å². The molecule has 0 atom stereocenters. The molecule has 0 radical (unpaired) electrons. The predicted molar refractivity (Wildman–Crippen MR) is 101 cm³/mol. The molecule has 0 heterocycles. The number of ether oxygens (including phenoxy) is 1. The van der Waals surface area contributed by atoms with E-state index in [9.17, 15) is 23.1 Å². The van der Waals surface area contributed by atoms with Gasteiger partial charge in [-0.3, -0.25) is 0 Å². The minimum absolute atomic E-state index is 0.0475. The van der Waals surface area contributed by atoms with Gasteiger partial charge < -0.3 is 31.5 Å². The van der Waals surface area contributed by atoms with E-state index in [0.717, 1.165) is 12.1 Å². The van der Waals surface area contributed by atoms with Crippen molar-refractivity contribution >= 4 is 34.7 Å². The summed E-state index contributed by atoms with van der Waals surface area (Å²) in [6, 6.07) is 7.47. The van der Waals surface area contributed by atoms with Crippen LogP contribution in [-0.2, 0) is 6.61 Å². The smallest absolute Gasteiger partial charge is 0.406 e. The minimum atomic E-state index is -4.89. The highest BCUT2D eigenvalue weighted by molar-refractivity contribution is 6.31. The fourth-order valence-electron chi connectivity index (χ4n) is 2.30. The van der Waals surface area contributed by atoms with Gasteiger partial charge in [-0.25, -0.2) is 4.79 Å². The maximum atomic E-state index is 12.5. The fraction of sp³-hybridized carbons (Fsp3) is 0.235. The van der Waals surface area contributed by atoms with Gasteiger partial charge >= 0.3 is 12.4 Å². The zero-order chi connectivity index (χ0) is 20.7. The number of rotatable bonds is 7. The lowest BCUT2D eigenvalue weighted by molar-refractivity contribution is -0.274. The van der Waals surface area contributed by atoms with Gasteiger partial charge in [0, 0.05) is 52.9 Å². The number of alkyl halides is 3. The summed E-state index contributed by atoms with van der Waals surface area (Å²) in [5, 5.41) is 17.3. The minimum Gasteiger partial charge on any atom is -0.406 e. The number of carbonyl (C=O) groups excluding carboxylic acids is 1. The van der Waals surface area contributed by atoms with E-state index in [0.29, 0.717) is 12.1 Å². The molecular formula is C17H18ClF3N4O3. The summed E-state index contributed by atoms with van der Waals surface area (Å²) in [4.78, 5) is 12.2. The normalized spacial score (nSPS) is 11.1. The van der Waals surface area contributed by atoms with E-state index < -0.39 is 24.7 Å². The van der Waals surface area contributed by atoms with Crippen LogP contribution in [0.25, 0.3) is 0 Å². The largest absolute Gasteiger partial charge is 0.573 e. The standard InChI is InChI=1S/C17H18ClF3N4O3/c18-14-2-1-3-15(13(14)9-26)25-16(27)24-11-6-10(23-5-4-22)7-12(8-11)28-17(19,20)21/h1-3,6-8,23,26H,4-5,9,22H2,(H2,24,25,27). The van der Waals surface area contributed by atoms with Crippen LogP contribution < -0.4 is 26.4 Å². The van der Waals surface area contributed by atoms with Gasteiger partial charge in [0.25, 0.3) is 0 Å². The van der Waals surface area contributed by atoms with Crippen molar-refractivity contribution in [2.24, 2.45) is 5.73 Å². The van der Waals surface area contributed by atoms with Gasteiger partial charge in [0.05, 0.1) is 6.61 Å². The molecule has 0 aliphatic heterocycles. The van der Waals surface area contributed by atoms with Crippen molar-refractivity contribution < 1.29 is 27.8 Å². The van der Waals surface area contributed by atoms with E-state index in [1.54, 1.807) is 12.1 Å². The molecule has 11 heteroatoms. The number of amides is 2. The molecule has 2 aromatic carbocycles. The van der Waals surface area contributed by atoms with Crippen LogP contribution in [0.3, 0.4) is 0 Å². The first-order valence-corrected chi connectivity index (χ1v) is 8.40. The van der Waals surface area contributed by atoms with Crippen molar-refractivity contribution in [3.05, 3.63) is 47.0 Å². The third kappa shape index (κ3) is 6.48. The summed E-state index contributed by atoms with van der Waals surface area (Å²) in [6.45, 7) is 0.160. The molecule has 7 nitrogen and oxygen atoms in total. The Morgan fingerprint density at radius 1 is 1.18 bits per heavy atom. The number of nitrogens with one attached hydrogen (secondary N) is 3. The van der Waals surface area contributed by atoms with Crippen LogP contribution >= 0.6 is 11.6 Å². The number of hydrogen-bond acceptors (Lipinski definition) is 5. The molecule has 0 bridgehead atoms. The molecule has 2 aromatic rings. The Bertz CT molecular complexity index is 834. The quantitative estimate of drug-likeness (QED) is 0.470. The number of anilines is 3. The Labute approximate surface area is 163 Å². The molecule has 0 saturated heterocycles. The average molecular weight is 419 g/mol. The van der Waals surface area contributed by atoms with Gasteiger partial charge in [-0.2, -0.15) is 0 Å². The number of halogens is 4. The van der Waals surface area contributed by atoms with Crippen molar-refractivity contribution in [1.82, 2.24) is 0 Å². The van der Waals surface area contributed by atoms with Gasteiger partial charge in [0.1, 0.15) is 5.75 Å². The first-order chi connectivity index (χ1) is 13.2. The molecule has 28 heavy (non-hydrogen) atoms. The van der Waals surface area contributed by atoms with E-state index in [2.05, 4.69) is 20.7 Å². The summed E-state index contributed by atoms with van der Waals surface area (Å²) < 4.78 is 41.5. The van der Waals surface area contributed by atoms with Crippen molar-refractivity contribution in [2.75, 3.05) is 29.0 Å². The Morgan fingerprint density at radius 2 is 1.89 bits per heavy atom. The summed E-state index contributed by atoms with van der Waals surface area (Å²) in [7, 11) is 0. The van der Waals surface area contributed by atoms with Gasteiger partial charge in [-0.1, -0.05) is 17.7 Å². The zero-order valence-corrected chi connectivity index (χ0v) is 15.2. The van der Waals surface area contributed by atoms with Gasteiger partial charge in [0.2, 0.25) is 0 Å². The number of urea groups is 1. The second-order valence-corrected chi connectivity index (χ2v) is 5.92. The van der Waals surface area contributed by atoms with Crippen LogP contribution in [0.2, 0.25) is 5.02 Å². The number of aliphatic hydroxyl groups is 1. The Morgan fingerprint density at radius 3 is 2.54 bits per heavy atom. The van der Waals surface area contributed by atoms with Crippen molar-refractivity contribution in [3.8, 4) is 5.75 Å². The van der Waals surface area contributed by atoms with Crippen LogP contribution in [-0.4, -0.2) is 30.6 Å². The molecule has 0 spiro atoms. The highest BCUT2D eigenvalue weighted by atomic mass is 35.5.